The average Bonchev–Trinajstić information content (AvgIpc) is 2.96. The van der Waals surface area contributed by atoms with Crippen LogP contribution in [-0.2, 0) is 14.3 Å². The lowest BCUT2D eigenvalue weighted by atomic mass is 9.88. The molecule has 0 saturated heterocycles. The van der Waals surface area contributed by atoms with Gasteiger partial charge in [-0.05, 0) is 31.1 Å². The maximum atomic E-state index is 12.0. The number of carbonyl (C=O) groups excluding carboxylic acids is 2. The van der Waals surface area contributed by atoms with E-state index in [2.05, 4.69) is 10.1 Å². The molecule has 2 aliphatic rings. The normalized spacial score (nSPS) is 32.2. The molecule has 96 valence electrons. The molecule has 0 heterocycles. The lowest BCUT2D eigenvalue weighted by molar-refractivity contribution is -0.147. The zero-order valence-electron chi connectivity index (χ0n) is 10.0. The number of rotatable bonds is 4. The number of carbonyl (C=O) groups is 2. The summed E-state index contributed by atoms with van der Waals surface area (Å²) in [4.78, 5) is 23.3. The van der Waals surface area contributed by atoms with E-state index < -0.39 is 18.6 Å². The standard InChI is InChI=1S/C12H19NO4/c1-17-12(16)10(6-14)13-11(15)9-5-7-2-3-8(9)4-7/h7-10,14H,2-6H2,1H3,(H,13,15). The second-order valence-corrected chi connectivity index (χ2v) is 5.05. The van der Waals surface area contributed by atoms with Gasteiger partial charge in [-0.2, -0.15) is 0 Å². The van der Waals surface area contributed by atoms with E-state index in [1.165, 1.54) is 13.5 Å². The molecule has 2 rings (SSSR count). The summed E-state index contributed by atoms with van der Waals surface area (Å²) in [6.45, 7) is -0.417. The molecule has 0 aromatic heterocycles. The van der Waals surface area contributed by atoms with Gasteiger partial charge >= 0.3 is 5.97 Å². The summed E-state index contributed by atoms with van der Waals surface area (Å²) in [5, 5.41) is 11.6. The minimum Gasteiger partial charge on any atom is -0.467 e. The fourth-order valence-electron chi connectivity index (χ4n) is 3.17. The van der Waals surface area contributed by atoms with E-state index in [1.54, 1.807) is 0 Å². The molecule has 2 bridgehead atoms. The number of hydrogen-bond acceptors (Lipinski definition) is 4. The monoisotopic (exact) mass is 241 g/mol. The molecule has 0 radical (unpaired) electrons. The highest BCUT2D eigenvalue weighted by molar-refractivity contribution is 5.86. The Kier molecular flexibility index (Phi) is 3.66. The van der Waals surface area contributed by atoms with Gasteiger partial charge in [-0.3, -0.25) is 4.79 Å². The topological polar surface area (TPSA) is 75.6 Å². The van der Waals surface area contributed by atoms with E-state index in [9.17, 15) is 9.59 Å². The van der Waals surface area contributed by atoms with E-state index in [0.29, 0.717) is 11.8 Å². The zero-order chi connectivity index (χ0) is 12.4. The number of ether oxygens (including phenoxy) is 1. The van der Waals surface area contributed by atoms with Crippen molar-refractivity contribution in [3.63, 3.8) is 0 Å². The van der Waals surface area contributed by atoms with Crippen molar-refractivity contribution in [2.24, 2.45) is 17.8 Å². The van der Waals surface area contributed by atoms with Crippen LogP contribution in [0, 0.1) is 17.8 Å². The molecule has 0 aromatic rings. The minimum absolute atomic E-state index is 0.0208. The van der Waals surface area contributed by atoms with Crippen LogP contribution < -0.4 is 5.32 Å². The van der Waals surface area contributed by atoms with Gasteiger partial charge in [0.15, 0.2) is 6.04 Å². The highest BCUT2D eigenvalue weighted by Crippen LogP contribution is 2.48. The summed E-state index contributed by atoms with van der Waals surface area (Å²) < 4.78 is 4.52. The molecular weight excluding hydrogens is 222 g/mol. The number of amides is 1. The van der Waals surface area contributed by atoms with Crippen molar-refractivity contribution in [3.8, 4) is 0 Å². The highest BCUT2D eigenvalue weighted by atomic mass is 16.5. The Hall–Kier alpha value is -1.10. The van der Waals surface area contributed by atoms with Gasteiger partial charge in [0.1, 0.15) is 0 Å². The lowest BCUT2D eigenvalue weighted by Gasteiger charge is -2.23. The zero-order valence-corrected chi connectivity index (χ0v) is 10.0. The smallest absolute Gasteiger partial charge is 0.330 e. The van der Waals surface area contributed by atoms with Crippen molar-refractivity contribution in [1.29, 1.82) is 0 Å². The fraction of sp³-hybridized carbons (Fsp3) is 0.833. The van der Waals surface area contributed by atoms with Crippen molar-refractivity contribution < 1.29 is 19.4 Å². The maximum Gasteiger partial charge on any atom is 0.330 e. The molecular formula is C12H19NO4. The second-order valence-electron chi connectivity index (χ2n) is 5.05. The molecule has 1 amide bonds. The first-order chi connectivity index (χ1) is 8.15. The summed E-state index contributed by atoms with van der Waals surface area (Å²) in [7, 11) is 1.24. The number of methoxy groups -OCH3 is 1. The summed E-state index contributed by atoms with van der Waals surface area (Å²) in [5.41, 5.74) is 0. The number of esters is 1. The predicted molar refractivity (Wildman–Crippen MR) is 60.0 cm³/mol. The number of aliphatic hydroxyl groups excluding tert-OH is 1. The number of fused-ring (bicyclic) bond motifs is 2. The van der Waals surface area contributed by atoms with E-state index in [1.807, 2.05) is 0 Å². The van der Waals surface area contributed by atoms with Crippen LogP contribution in [0.2, 0.25) is 0 Å². The summed E-state index contributed by atoms with van der Waals surface area (Å²) in [6, 6.07) is -0.924. The Morgan fingerprint density at radius 3 is 2.65 bits per heavy atom. The first-order valence-electron chi connectivity index (χ1n) is 6.14. The first-order valence-corrected chi connectivity index (χ1v) is 6.14. The van der Waals surface area contributed by atoms with Crippen LogP contribution in [0.5, 0.6) is 0 Å². The Morgan fingerprint density at radius 1 is 1.41 bits per heavy atom. The molecule has 0 aliphatic heterocycles. The third kappa shape index (κ3) is 2.44. The van der Waals surface area contributed by atoms with Crippen LogP contribution in [0.25, 0.3) is 0 Å². The maximum absolute atomic E-state index is 12.0. The van der Waals surface area contributed by atoms with Gasteiger partial charge < -0.3 is 15.2 Å². The first kappa shape index (κ1) is 12.4. The number of hydrogen-bond donors (Lipinski definition) is 2. The highest BCUT2D eigenvalue weighted by Gasteiger charge is 2.43. The molecule has 2 N–H and O–H groups in total. The summed E-state index contributed by atoms with van der Waals surface area (Å²) in [6.07, 6.45) is 4.41. The van der Waals surface area contributed by atoms with Gasteiger partial charge in [-0.1, -0.05) is 6.42 Å². The molecule has 2 aliphatic carbocycles. The van der Waals surface area contributed by atoms with E-state index in [4.69, 9.17) is 5.11 Å². The van der Waals surface area contributed by atoms with Crippen LogP contribution in [-0.4, -0.2) is 36.7 Å². The third-order valence-corrected chi connectivity index (χ3v) is 4.06. The minimum atomic E-state index is -0.924. The number of aliphatic hydroxyl groups is 1. The van der Waals surface area contributed by atoms with Crippen molar-refractivity contribution in [1.82, 2.24) is 5.32 Å². The molecule has 17 heavy (non-hydrogen) atoms. The molecule has 5 nitrogen and oxygen atoms in total. The Labute approximate surface area is 101 Å². The largest absolute Gasteiger partial charge is 0.467 e. The van der Waals surface area contributed by atoms with Crippen LogP contribution in [0.15, 0.2) is 0 Å². The third-order valence-electron chi connectivity index (χ3n) is 4.06. The van der Waals surface area contributed by atoms with E-state index in [-0.39, 0.29) is 11.8 Å². The van der Waals surface area contributed by atoms with Crippen molar-refractivity contribution in [2.45, 2.75) is 31.7 Å². The molecule has 4 unspecified atom stereocenters. The molecule has 0 aromatic carbocycles. The summed E-state index contributed by atoms with van der Waals surface area (Å²) >= 11 is 0. The molecule has 0 spiro atoms. The van der Waals surface area contributed by atoms with Crippen LogP contribution in [0.1, 0.15) is 25.7 Å². The Morgan fingerprint density at radius 2 is 2.18 bits per heavy atom. The predicted octanol–water partition coefficient (Wildman–Crippen LogP) is 0.0727. The van der Waals surface area contributed by atoms with Gasteiger partial charge in [0, 0.05) is 5.92 Å². The fourth-order valence-corrected chi connectivity index (χ4v) is 3.17. The van der Waals surface area contributed by atoms with Crippen molar-refractivity contribution >= 4 is 11.9 Å². The van der Waals surface area contributed by atoms with Crippen molar-refractivity contribution in [3.05, 3.63) is 0 Å². The van der Waals surface area contributed by atoms with E-state index in [0.717, 1.165) is 19.3 Å². The SMILES string of the molecule is COC(=O)C(CO)NC(=O)C1CC2CCC1C2. The van der Waals surface area contributed by atoms with Gasteiger partial charge in [-0.25, -0.2) is 4.79 Å². The molecule has 2 saturated carbocycles. The quantitative estimate of drug-likeness (QED) is 0.683. The average molecular weight is 241 g/mol. The summed E-state index contributed by atoms with van der Waals surface area (Å²) in [5.74, 6) is 0.469. The second kappa shape index (κ2) is 5.04. The van der Waals surface area contributed by atoms with Crippen LogP contribution in [0.4, 0.5) is 0 Å². The lowest BCUT2D eigenvalue weighted by Crippen LogP contribution is -2.47. The number of nitrogens with one attached hydrogen (secondary N) is 1. The Balaban J connectivity index is 1.90. The molecule has 4 atom stereocenters. The molecule has 5 heteroatoms. The van der Waals surface area contributed by atoms with Crippen LogP contribution in [0.3, 0.4) is 0 Å². The van der Waals surface area contributed by atoms with Crippen molar-refractivity contribution in [2.75, 3.05) is 13.7 Å². The van der Waals surface area contributed by atoms with Gasteiger partial charge in [0.25, 0.3) is 0 Å². The van der Waals surface area contributed by atoms with E-state index >= 15 is 0 Å². The molecule has 2 fully saturated rings. The van der Waals surface area contributed by atoms with Crippen LogP contribution >= 0.6 is 0 Å². The Bertz CT molecular complexity index is 318. The van der Waals surface area contributed by atoms with Gasteiger partial charge in [-0.15, -0.1) is 0 Å². The van der Waals surface area contributed by atoms with Gasteiger partial charge in [0.2, 0.25) is 5.91 Å². The van der Waals surface area contributed by atoms with Gasteiger partial charge in [0.05, 0.1) is 13.7 Å².